The number of carbonyl (C=O) groups excluding carboxylic acids is 2. The molecule has 0 spiro atoms. The van der Waals surface area contributed by atoms with Crippen LogP contribution in [0.1, 0.15) is 46.6 Å². The highest BCUT2D eigenvalue weighted by Gasteiger charge is 2.54. The summed E-state index contributed by atoms with van der Waals surface area (Å²) in [7, 11) is -3.26. The van der Waals surface area contributed by atoms with Crippen LogP contribution in [0.15, 0.2) is 127 Å². The third-order valence-corrected chi connectivity index (χ3v) is 14.4. The zero-order valence-electron chi connectivity index (χ0n) is 30.0. The van der Waals surface area contributed by atoms with Crippen molar-refractivity contribution in [3.05, 3.63) is 133 Å². The number of carboxylic acids is 1. The molecule has 5 rings (SSSR count). The van der Waals surface area contributed by atoms with Gasteiger partial charge in [0.05, 0.1) is 6.10 Å². The summed E-state index contributed by atoms with van der Waals surface area (Å²) in [5.74, 6) is -2.49. The first-order valence-corrected chi connectivity index (χ1v) is 19.5. The monoisotopic (exact) mass is 704 g/mol. The second-order valence-electron chi connectivity index (χ2n) is 14.0. The van der Waals surface area contributed by atoms with Gasteiger partial charge in [0.15, 0.2) is 6.10 Å². The second kappa shape index (κ2) is 16.4. The molecule has 1 heterocycles. The van der Waals surface area contributed by atoms with Crippen molar-refractivity contribution < 1.29 is 28.7 Å². The van der Waals surface area contributed by atoms with E-state index in [9.17, 15) is 19.5 Å². The minimum absolute atomic E-state index is 0.383. The van der Waals surface area contributed by atoms with Crippen LogP contribution in [0.4, 0.5) is 0 Å². The molecule has 0 aliphatic carbocycles. The largest absolute Gasteiger partial charge is 0.475 e. The molecule has 9 heteroatoms. The van der Waals surface area contributed by atoms with Gasteiger partial charge < -0.3 is 24.5 Å². The fourth-order valence-corrected chi connectivity index (χ4v) is 11.6. The molecule has 1 aliphatic heterocycles. The lowest BCUT2D eigenvalue weighted by Gasteiger charge is -2.47. The van der Waals surface area contributed by atoms with E-state index < -0.39 is 43.5 Å². The lowest BCUT2D eigenvalue weighted by molar-refractivity contribution is -0.151. The smallest absolute Gasteiger partial charge is 0.370 e. The Labute approximate surface area is 302 Å². The lowest BCUT2D eigenvalue weighted by atomic mass is 9.98. The van der Waals surface area contributed by atoms with Gasteiger partial charge in [0.1, 0.15) is 6.04 Å². The maximum absolute atomic E-state index is 14.5. The van der Waals surface area contributed by atoms with Crippen LogP contribution < -0.4 is 15.7 Å². The summed E-state index contributed by atoms with van der Waals surface area (Å²) in [6.07, 6.45) is 0.343. The molecule has 0 bridgehead atoms. The highest BCUT2D eigenvalue weighted by atomic mass is 28.4. The summed E-state index contributed by atoms with van der Waals surface area (Å²) in [6.45, 7) is 10.5. The fraction of sp³-hybridized carbons (Fsp3) is 0.310. The number of benzene rings is 4. The van der Waals surface area contributed by atoms with Crippen LogP contribution in [0.2, 0.25) is 5.04 Å². The van der Waals surface area contributed by atoms with Crippen LogP contribution >= 0.6 is 0 Å². The first-order chi connectivity index (χ1) is 24.4. The summed E-state index contributed by atoms with van der Waals surface area (Å²) in [5, 5.41) is 14.7. The van der Waals surface area contributed by atoms with Crippen molar-refractivity contribution in [2.24, 2.45) is 0 Å². The van der Waals surface area contributed by atoms with Gasteiger partial charge in [-0.2, -0.15) is 0 Å². The maximum Gasteiger partial charge on any atom is 0.370 e. The van der Waals surface area contributed by atoms with E-state index in [0.717, 1.165) is 27.1 Å². The molecule has 0 radical (unpaired) electrons. The first kappa shape index (κ1) is 37.3. The molecule has 0 saturated carbocycles. The zero-order chi connectivity index (χ0) is 36.6. The van der Waals surface area contributed by atoms with Crippen LogP contribution in [0.5, 0.6) is 0 Å². The lowest BCUT2D eigenvalue weighted by Crippen LogP contribution is -2.70. The van der Waals surface area contributed by atoms with Crippen molar-refractivity contribution in [2.75, 3.05) is 13.1 Å². The molecule has 1 aliphatic rings. The summed E-state index contributed by atoms with van der Waals surface area (Å²) in [6, 6.07) is 37.3. The SMILES string of the molecule is CCCN(CCc1ccc(-c2ccccc2)cc1)C(=O)[C@@H]1OC(C(=O)O)=C[C@@H](O[Si](c2ccccc2)(c2ccccc2)C(C)(C)C)[C@@H]1NC(C)=O. The number of nitrogens with one attached hydrogen (secondary N) is 1. The third-order valence-electron chi connectivity index (χ3n) is 9.34. The standard InChI is InChI=1S/C42H48N2O6Si/c1-6-27-44(28-26-31-22-24-33(25-23-31)32-16-10-7-11-17-32)40(46)39-38(43-30(2)45)36(29-37(49-39)41(47)48)50-51(42(3,4)5,34-18-12-8-13-19-34)35-20-14-9-15-21-35/h7-25,29,36,38-39H,6,26-28H2,1-5H3,(H,43,45)(H,47,48)/t36-,38+,39-/m1/s1. The average molecular weight is 705 g/mol. The molecule has 4 aromatic carbocycles. The van der Waals surface area contributed by atoms with E-state index in [-0.39, 0.29) is 11.7 Å². The summed E-state index contributed by atoms with van der Waals surface area (Å²) in [4.78, 5) is 41.6. The van der Waals surface area contributed by atoms with Crippen molar-refractivity contribution in [3.8, 4) is 11.1 Å². The second-order valence-corrected chi connectivity index (χ2v) is 18.2. The van der Waals surface area contributed by atoms with Crippen LogP contribution in [0.25, 0.3) is 11.1 Å². The van der Waals surface area contributed by atoms with Crippen molar-refractivity contribution in [3.63, 3.8) is 0 Å². The molecule has 0 fully saturated rings. The number of aliphatic carboxylic acids is 1. The normalized spacial score (nSPS) is 17.5. The number of hydrogen-bond acceptors (Lipinski definition) is 5. The quantitative estimate of drug-likeness (QED) is 0.167. The van der Waals surface area contributed by atoms with Crippen LogP contribution in [-0.4, -0.2) is 67.4 Å². The third kappa shape index (κ3) is 8.49. The summed E-state index contributed by atoms with van der Waals surface area (Å²) in [5.41, 5.74) is 3.29. The van der Waals surface area contributed by atoms with Gasteiger partial charge in [-0.05, 0) is 51.0 Å². The van der Waals surface area contributed by atoms with Crippen molar-refractivity contribution in [1.82, 2.24) is 10.2 Å². The predicted molar refractivity (Wildman–Crippen MR) is 203 cm³/mol. The Morgan fingerprint density at radius 3 is 1.82 bits per heavy atom. The van der Waals surface area contributed by atoms with Gasteiger partial charge in [-0.15, -0.1) is 0 Å². The molecule has 8 nitrogen and oxygen atoms in total. The number of carbonyl (C=O) groups is 3. The Balaban J connectivity index is 1.51. The molecule has 2 amide bonds. The molecule has 51 heavy (non-hydrogen) atoms. The first-order valence-electron chi connectivity index (χ1n) is 17.6. The van der Waals surface area contributed by atoms with E-state index in [4.69, 9.17) is 9.16 Å². The molecule has 2 N–H and O–H groups in total. The molecule has 266 valence electrons. The number of ether oxygens (including phenoxy) is 1. The van der Waals surface area contributed by atoms with Crippen LogP contribution in [-0.2, 0) is 30.0 Å². The zero-order valence-corrected chi connectivity index (χ0v) is 31.0. The van der Waals surface area contributed by atoms with Gasteiger partial charge in [0.2, 0.25) is 11.7 Å². The highest BCUT2D eigenvalue weighted by molar-refractivity contribution is 6.99. The van der Waals surface area contributed by atoms with Crippen molar-refractivity contribution in [2.45, 2.75) is 70.7 Å². The minimum atomic E-state index is -3.26. The van der Waals surface area contributed by atoms with E-state index >= 15 is 0 Å². The van der Waals surface area contributed by atoms with Crippen LogP contribution in [0, 0.1) is 0 Å². The van der Waals surface area contributed by atoms with E-state index in [0.29, 0.717) is 25.9 Å². The Hall–Kier alpha value is -4.99. The van der Waals surface area contributed by atoms with Gasteiger partial charge in [-0.1, -0.05) is 143 Å². The van der Waals surface area contributed by atoms with E-state index in [1.165, 1.54) is 13.0 Å². The summed E-state index contributed by atoms with van der Waals surface area (Å²) >= 11 is 0. The van der Waals surface area contributed by atoms with Crippen molar-refractivity contribution >= 4 is 36.5 Å². The molecular formula is C42H48N2O6Si. The van der Waals surface area contributed by atoms with Gasteiger partial charge in [-0.25, -0.2) is 4.79 Å². The number of hydrogen-bond donors (Lipinski definition) is 2. The fourth-order valence-electron chi connectivity index (χ4n) is 6.94. The van der Waals surface area contributed by atoms with E-state index in [1.807, 2.05) is 85.8 Å². The topological polar surface area (TPSA) is 105 Å². The highest BCUT2D eigenvalue weighted by Crippen LogP contribution is 2.39. The molecule has 3 atom stereocenters. The van der Waals surface area contributed by atoms with Gasteiger partial charge >= 0.3 is 5.97 Å². The molecule has 0 unspecified atom stereocenters. The average Bonchev–Trinajstić information content (AvgIpc) is 3.13. The summed E-state index contributed by atoms with van der Waals surface area (Å²) < 4.78 is 13.3. The molecular weight excluding hydrogens is 657 g/mol. The Kier molecular flexibility index (Phi) is 11.9. The Bertz CT molecular complexity index is 1770. The Morgan fingerprint density at radius 2 is 1.33 bits per heavy atom. The molecule has 0 saturated heterocycles. The maximum atomic E-state index is 14.5. The number of amides is 2. The Morgan fingerprint density at radius 1 is 0.804 bits per heavy atom. The van der Waals surface area contributed by atoms with E-state index in [2.05, 4.69) is 62.5 Å². The van der Waals surface area contributed by atoms with Gasteiger partial charge in [0.25, 0.3) is 14.2 Å². The number of nitrogens with zero attached hydrogens (tertiary/aromatic N) is 1. The van der Waals surface area contributed by atoms with Gasteiger partial charge in [0, 0.05) is 20.0 Å². The van der Waals surface area contributed by atoms with Gasteiger partial charge in [-0.3, -0.25) is 9.59 Å². The predicted octanol–water partition coefficient (Wildman–Crippen LogP) is 5.95. The van der Waals surface area contributed by atoms with E-state index in [1.54, 1.807) is 4.90 Å². The van der Waals surface area contributed by atoms with Crippen LogP contribution in [0.3, 0.4) is 0 Å². The number of carboxylic acid groups (broad SMARTS) is 1. The minimum Gasteiger partial charge on any atom is -0.475 e. The molecule has 0 aromatic heterocycles. The van der Waals surface area contributed by atoms with Crippen molar-refractivity contribution in [1.29, 1.82) is 0 Å². The number of rotatable bonds is 13. The molecule has 4 aromatic rings.